The predicted octanol–water partition coefficient (Wildman–Crippen LogP) is 1.81. The van der Waals surface area contributed by atoms with Crippen LogP contribution >= 0.6 is 0 Å². The Morgan fingerprint density at radius 3 is 3.00 bits per heavy atom. The van der Waals surface area contributed by atoms with Gasteiger partial charge in [0.05, 0.1) is 5.84 Å². The van der Waals surface area contributed by atoms with E-state index in [0.717, 1.165) is 24.9 Å². The van der Waals surface area contributed by atoms with Gasteiger partial charge in [0, 0.05) is 19.5 Å². The first-order chi connectivity index (χ1) is 5.86. The Balaban J connectivity index is 1.66. The first kappa shape index (κ1) is 8.09. The minimum Gasteiger partial charge on any atom is -0.374 e. The van der Waals surface area contributed by atoms with Crippen LogP contribution in [0.4, 0.5) is 0 Å². The third-order valence-electron chi connectivity index (χ3n) is 2.93. The van der Waals surface area contributed by atoms with Crippen LogP contribution in [0.5, 0.6) is 0 Å². The monoisotopic (exact) mass is 166 g/mol. The van der Waals surface area contributed by atoms with Crippen LogP contribution in [0.3, 0.4) is 0 Å². The maximum atomic E-state index is 4.39. The van der Waals surface area contributed by atoms with Crippen LogP contribution in [0.15, 0.2) is 4.99 Å². The van der Waals surface area contributed by atoms with Crippen LogP contribution in [0.1, 0.15) is 32.6 Å². The van der Waals surface area contributed by atoms with E-state index in [1.807, 2.05) is 0 Å². The highest BCUT2D eigenvalue weighted by Crippen LogP contribution is 2.36. The molecule has 1 unspecified atom stereocenters. The van der Waals surface area contributed by atoms with E-state index in [0.29, 0.717) is 0 Å². The van der Waals surface area contributed by atoms with E-state index in [2.05, 4.69) is 17.2 Å². The molecule has 12 heavy (non-hydrogen) atoms. The van der Waals surface area contributed by atoms with Gasteiger partial charge < -0.3 is 5.32 Å². The highest BCUT2D eigenvalue weighted by Gasteiger charge is 2.27. The number of hydrogen-bond donors (Lipinski definition) is 1. The van der Waals surface area contributed by atoms with Crippen molar-refractivity contribution in [2.45, 2.75) is 32.6 Å². The lowest BCUT2D eigenvalue weighted by molar-refractivity contribution is 0.498. The number of rotatable bonds is 3. The van der Waals surface area contributed by atoms with Crippen molar-refractivity contribution < 1.29 is 0 Å². The lowest BCUT2D eigenvalue weighted by Crippen LogP contribution is -2.27. The van der Waals surface area contributed by atoms with Crippen molar-refractivity contribution in [1.29, 1.82) is 0 Å². The second kappa shape index (κ2) is 3.46. The van der Waals surface area contributed by atoms with E-state index in [9.17, 15) is 0 Å². The van der Waals surface area contributed by atoms with Crippen molar-refractivity contribution >= 4 is 5.84 Å². The minimum absolute atomic E-state index is 0.855. The number of amidine groups is 1. The quantitative estimate of drug-likeness (QED) is 0.679. The fraction of sp³-hybridized carbons (Fsp3) is 0.900. The van der Waals surface area contributed by atoms with Crippen LogP contribution in [0, 0.1) is 11.8 Å². The standard InChI is InChI=1S/C10H18N2/c1-8(9-4-5-9)7-12-10-3-2-6-11-10/h8-9H,2-7H2,1H3,(H,11,12). The maximum Gasteiger partial charge on any atom is 0.0963 e. The van der Waals surface area contributed by atoms with E-state index < -0.39 is 0 Å². The molecule has 1 saturated carbocycles. The molecule has 1 heterocycles. The Labute approximate surface area is 74.5 Å². The summed E-state index contributed by atoms with van der Waals surface area (Å²) in [5.41, 5.74) is 0. The van der Waals surface area contributed by atoms with Crippen LogP contribution in [-0.2, 0) is 0 Å². The van der Waals surface area contributed by atoms with Gasteiger partial charge in [-0.25, -0.2) is 0 Å². The molecule has 2 nitrogen and oxygen atoms in total. The topological polar surface area (TPSA) is 24.4 Å². The molecule has 2 rings (SSSR count). The van der Waals surface area contributed by atoms with Gasteiger partial charge in [-0.2, -0.15) is 0 Å². The number of nitrogens with one attached hydrogen (secondary N) is 1. The molecule has 1 atom stereocenters. The Bertz CT molecular complexity index is 182. The first-order valence-electron chi connectivity index (χ1n) is 5.13. The van der Waals surface area contributed by atoms with E-state index in [4.69, 9.17) is 0 Å². The van der Waals surface area contributed by atoms with E-state index in [1.54, 1.807) is 0 Å². The summed E-state index contributed by atoms with van der Waals surface area (Å²) in [6, 6.07) is 0. The van der Waals surface area contributed by atoms with E-state index in [1.165, 1.54) is 31.5 Å². The van der Waals surface area contributed by atoms with Gasteiger partial charge in [-0.05, 0) is 31.1 Å². The van der Waals surface area contributed by atoms with Gasteiger partial charge >= 0.3 is 0 Å². The summed E-state index contributed by atoms with van der Waals surface area (Å²) in [6.07, 6.45) is 5.34. The van der Waals surface area contributed by atoms with Gasteiger partial charge in [-0.15, -0.1) is 0 Å². The summed E-state index contributed by atoms with van der Waals surface area (Å²) >= 11 is 0. The lowest BCUT2D eigenvalue weighted by atomic mass is 10.1. The third kappa shape index (κ3) is 1.99. The van der Waals surface area contributed by atoms with Crippen molar-refractivity contribution in [2.24, 2.45) is 16.8 Å². The van der Waals surface area contributed by atoms with Crippen molar-refractivity contribution in [3.8, 4) is 0 Å². The highest BCUT2D eigenvalue weighted by molar-refractivity contribution is 5.83. The average Bonchev–Trinajstić information content (AvgIpc) is 2.80. The van der Waals surface area contributed by atoms with Gasteiger partial charge in [-0.3, -0.25) is 4.99 Å². The molecule has 0 aromatic carbocycles. The van der Waals surface area contributed by atoms with Crippen molar-refractivity contribution in [3.05, 3.63) is 0 Å². The van der Waals surface area contributed by atoms with Crippen molar-refractivity contribution in [2.75, 3.05) is 13.1 Å². The molecule has 1 aliphatic heterocycles. The molecule has 0 aromatic rings. The molecule has 0 radical (unpaired) electrons. The molecule has 68 valence electrons. The highest BCUT2D eigenvalue weighted by atomic mass is 15.0. The summed E-state index contributed by atoms with van der Waals surface area (Å²) in [7, 11) is 0. The number of nitrogens with zero attached hydrogens (tertiary/aromatic N) is 1. The van der Waals surface area contributed by atoms with Crippen LogP contribution in [-0.4, -0.2) is 18.9 Å². The Morgan fingerprint density at radius 2 is 2.42 bits per heavy atom. The zero-order chi connectivity index (χ0) is 8.39. The molecule has 0 amide bonds. The fourth-order valence-electron chi connectivity index (χ4n) is 1.79. The smallest absolute Gasteiger partial charge is 0.0963 e. The van der Waals surface area contributed by atoms with Gasteiger partial charge in [0.2, 0.25) is 0 Å². The second-order valence-electron chi connectivity index (χ2n) is 4.13. The molecule has 2 aliphatic rings. The van der Waals surface area contributed by atoms with Gasteiger partial charge in [0.1, 0.15) is 0 Å². The largest absolute Gasteiger partial charge is 0.374 e. The Kier molecular flexibility index (Phi) is 2.33. The van der Waals surface area contributed by atoms with Crippen LogP contribution in [0.2, 0.25) is 0 Å². The summed E-state index contributed by atoms with van der Waals surface area (Å²) in [4.78, 5) is 4.39. The Hall–Kier alpha value is -0.530. The molecular formula is C10H18N2. The zero-order valence-electron chi connectivity index (χ0n) is 7.84. The molecule has 0 aromatic heterocycles. The molecule has 1 N–H and O–H groups in total. The molecule has 0 spiro atoms. The van der Waals surface area contributed by atoms with Gasteiger partial charge in [0.25, 0.3) is 0 Å². The summed E-state index contributed by atoms with van der Waals surface area (Å²) in [5, 5.41) is 3.45. The first-order valence-corrected chi connectivity index (χ1v) is 5.13. The summed E-state index contributed by atoms with van der Waals surface area (Å²) in [5.74, 6) is 3.12. The normalized spacial score (nSPS) is 25.2. The van der Waals surface area contributed by atoms with E-state index >= 15 is 0 Å². The minimum atomic E-state index is 0.855. The summed E-state index contributed by atoms with van der Waals surface area (Å²) < 4.78 is 0. The molecular weight excluding hydrogens is 148 g/mol. The van der Waals surface area contributed by atoms with Crippen molar-refractivity contribution in [3.63, 3.8) is 0 Å². The SMILES string of the molecule is CC(CNC1=NCCC1)C1CC1. The molecule has 1 fully saturated rings. The molecule has 1 aliphatic carbocycles. The predicted molar refractivity (Wildman–Crippen MR) is 51.4 cm³/mol. The maximum absolute atomic E-state index is 4.39. The number of aliphatic imine (C=N–C) groups is 1. The van der Waals surface area contributed by atoms with E-state index in [-0.39, 0.29) is 0 Å². The van der Waals surface area contributed by atoms with Gasteiger partial charge in [-0.1, -0.05) is 6.92 Å². The van der Waals surface area contributed by atoms with Gasteiger partial charge in [0.15, 0.2) is 0 Å². The van der Waals surface area contributed by atoms with Crippen molar-refractivity contribution in [1.82, 2.24) is 5.32 Å². The zero-order valence-corrected chi connectivity index (χ0v) is 7.84. The second-order valence-corrected chi connectivity index (χ2v) is 4.13. The molecule has 0 bridgehead atoms. The fourth-order valence-corrected chi connectivity index (χ4v) is 1.79. The molecule has 2 heteroatoms. The average molecular weight is 166 g/mol. The lowest BCUT2D eigenvalue weighted by Gasteiger charge is -2.11. The Morgan fingerprint density at radius 1 is 1.58 bits per heavy atom. The number of hydrogen-bond acceptors (Lipinski definition) is 2. The van der Waals surface area contributed by atoms with Crippen LogP contribution in [0.25, 0.3) is 0 Å². The summed E-state index contributed by atoms with van der Waals surface area (Å²) in [6.45, 7) is 4.53. The third-order valence-corrected chi connectivity index (χ3v) is 2.93. The van der Waals surface area contributed by atoms with Crippen LogP contribution < -0.4 is 5.32 Å². The molecule has 0 saturated heterocycles.